The Kier molecular flexibility index (Phi) is 11.4. The third-order valence-electron chi connectivity index (χ3n) is 13.8. The van der Waals surface area contributed by atoms with E-state index in [-0.39, 0.29) is 31.3 Å². The maximum Gasteiger partial charge on any atom is 0.407 e. The highest BCUT2D eigenvalue weighted by Crippen LogP contribution is 2.50. The molecule has 0 radical (unpaired) electrons. The fourth-order valence-electron chi connectivity index (χ4n) is 10.3. The van der Waals surface area contributed by atoms with Crippen molar-refractivity contribution < 1.29 is 52.0 Å². The lowest BCUT2D eigenvalue weighted by molar-refractivity contribution is -0.139. The second kappa shape index (κ2) is 17.4. The predicted octanol–water partition coefficient (Wildman–Crippen LogP) is 6.67. The second-order valence-corrected chi connectivity index (χ2v) is 17.7. The summed E-state index contributed by atoms with van der Waals surface area (Å²) in [4.78, 5) is 72.3. The fraction of sp³-hybridized carbons (Fsp3) is 0.375. The number of carboxylic acid groups (broad SMARTS) is 1. The zero-order chi connectivity index (χ0) is 46.7. The maximum absolute atomic E-state index is 14.2. The number of hydrogen-bond donors (Lipinski definition) is 5. The van der Waals surface area contributed by atoms with Crippen molar-refractivity contribution in [1.82, 2.24) is 40.4 Å². The Hall–Kier alpha value is -6.96. The van der Waals surface area contributed by atoms with Gasteiger partial charge in [0.05, 0.1) is 54.3 Å². The molecule has 3 saturated heterocycles. The quantitative estimate of drug-likeness (QED) is 0.0725. The number of alkyl carbamates (subject to hydrolysis) is 1. The van der Waals surface area contributed by atoms with Crippen LogP contribution in [0, 0.1) is 5.92 Å². The van der Waals surface area contributed by atoms with Crippen molar-refractivity contribution in [2.24, 2.45) is 5.92 Å². The van der Waals surface area contributed by atoms with Crippen LogP contribution in [0.4, 0.5) is 18.4 Å². The van der Waals surface area contributed by atoms with Gasteiger partial charge in [0.2, 0.25) is 0 Å². The summed E-state index contributed by atoms with van der Waals surface area (Å²) in [6.07, 6.45) is 0.00936. The summed E-state index contributed by atoms with van der Waals surface area (Å²) < 4.78 is 47.6. The van der Waals surface area contributed by atoms with Gasteiger partial charge in [0.15, 0.2) is 5.78 Å². The molecule has 0 saturated carbocycles. The molecule has 4 aromatic carbocycles. The number of amides is 3. The van der Waals surface area contributed by atoms with Crippen molar-refractivity contribution in [3.05, 3.63) is 102 Å². The zero-order valence-corrected chi connectivity index (χ0v) is 36.8. The number of aromatic nitrogens is 4. The number of likely N-dealkylation sites (tertiary alicyclic amines) is 1. The molecule has 3 fully saturated rings. The first-order valence-electron chi connectivity index (χ1n) is 22.0. The average Bonchev–Trinajstić information content (AvgIpc) is 3.91. The molecule has 4 aliphatic heterocycles. The number of imidazole rings is 2. The first-order chi connectivity index (χ1) is 32.3. The van der Waals surface area contributed by atoms with Gasteiger partial charge in [0.1, 0.15) is 36.1 Å². The van der Waals surface area contributed by atoms with E-state index >= 15 is 0 Å². The van der Waals surface area contributed by atoms with Gasteiger partial charge in [0, 0.05) is 49.5 Å². The maximum atomic E-state index is 14.2. The van der Waals surface area contributed by atoms with Crippen LogP contribution in [0.1, 0.15) is 60.5 Å². The number of ketones is 1. The molecular formula is C48H48F2N8O9. The smallest absolute Gasteiger partial charge is 0.407 e. The van der Waals surface area contributed by atoms with Gasteiger partial charge in [-0.2, -0.15) is 8.78 Å². The van der Waals surface area contributed by atoms with E-state index in [2.05, 4.69) is 48.4 Å². The van der Waals surface area contributed by atoms with Gasteiger partial charge < -0.3 is 49.6 Å². The lowest BCUT2D eigenvalue weighted by Crippen LogP contribution is -2.53. The molecule has 17 nitrogen and oxygen atoms in total. The Labute approximate surface area is 382 Å². The van der Waals surface area contributed by atoms with Crippen LogP contribution in [0.5, 0.6) is 5.75 Å². The molecule has 0 bridgehead atoms. The predicted molar refractivity (Wildman–Crippen MR) is 238 cm³/mol. The van der Waals surface area contributed by atoms with E-state index in [1.165, 1.54) is 19.1 Å². The number of benzene rings is 4. The van der Waals surface area contributed by atoms with Crippen molar-refractivity contribution in [2.75, 3.05) is 40.5 Å². The van der Waals surface area contributed by atoms with Gasteiger partial charge in [-0.3, -0.25) is 14.5 Å². The van der Waals surface area contributed by atoms with Gasteiger partial charge in [0.25, 0.3) is 5.91 Å². The molecule has 4 aliphatic rings. The Balaban J connectivity index is 0.892. The minimum atomic E-state index is -2.98. The molecule has 67 heavy (non-hydrogen) atoms. The summed E-state index contributed by atoms with van der Waals surface area (Å²) in [5, 5.41) is 16.4. The number of rotatable bonds is 14. The summed E-state index contributed by atoms with van der Waals surface area (Å²) in [5.74, 6) is 0.767. The van der Waals surface area contributed by atoms with E-state index in [0.717, 1.165) is 44.5 Å². The Morgan fingerprint density at radius 1 is 0.985 bits per heavy atom. The third-order valence-corrected chi connectivity index (χ3v) is 13.8. The summed E-state index contributed by atoms with van der Waals surface area (Å²) in [6.45, 7) is 0.0918. The van der Waals surface area contributed by atoms with E-state index in [4.69, 9.17) is 24.2 Å². The number of nitrogens with zero attached hydrogens (tertiary/aromatic N) is 4. The number of ether oxygens (including phenoxy) is 4. The highest BCUT2D eigenvalue weighted by molar-refractivity contribution is 6.07. The number of carbonyl (C=O) groups is 4. The molecule has 19 heteroatoms. The number of nitrogens with one attached hydrogen (secondary N) is 4. The molecule has 6 heterocycles. The van der Waals surface area contributed by atoms with Crippen LogP contribution in [0.25, 0.3) is 44.2 Å². The van der Waals surface area contributed by atoms with E-state index in [9.17, 15) is 33.1 Å². The second-order valence-electron chi connectivity index (χ2n) is 17.7. The monoisotopic (exact) mass is 918 g/mol. The van der Waals surface area contributed by atoms with Crippen LogP contribution >= 0.6 is 0 Å². The lowest BCUT2D eigenvalue weighted by atomic mass is 9.88. The number of carbonyl (C=O) groups excluding carboxylic acids is 3. The van der Waals surface area contributed by atoms with Crippen molar-refractivity contribution in [3.63, 3.8) is 0 Å². The first kappa shape index (κ1) is 43.9. The van der Waals surface area contributed by atoms with Gasteiger partial charge >= 0.3 is 18.8 Å². The van der Waals surface area contributed by atoms with E-state index in [1.807, 2.05) is 24.3 Å². The molecule has 6 aromatic rings. The van der Waals surface area contributed by atoms with E-state index < -0.39 is 60.4 Å². The van der Waals surface area contributed by atoms with Crippen molar-refractivity contribution >= 4 is 45.7 Å². The Morgan fingerprint density at radius 3 is 2.57 bits per heavy atom. The van der Waals surface area contributed by atoms with Gasteiger partial charge in [-0.05, 0) is 71.7 Å². The minimum absolute atomic E-state index is 0.0154. The first-order valence-corrected chi connectivity index (χ1v) is 22.0. The Morgan fingerprint density at radius 2 is 1.81 bits per heavy atom. The number of H-pyrrole nitrogens is 2. The van der Waals surface area contributed by atoms with Crippen molar-refractivity contribution in [2.45, 2.75) is 68.7 Å². The normalized spacial score (nSPS) is 22.9. The third kappa shape index (κ3) is 8.10. The molecule has 3 amide bonds. The minimum Gasteiger partial charge on any atom is -0.488 e. The molecule has 10 rings (SSSR count). The van der Waals surface area contributed by atoms with Crippen LogP contribution in [-0.4, -0.2) is 123 Å². The van der Waals surface area contributed by atoms with Crippen LogP contribution < -0.4 is 15.4 Å². The zero-order valence-electron chi connectivity index (χ0n) is 36.8. The summed E-state index contributed by atoms with van der Waals surface area (Å²) >= 11 is 0. The number of piperidine rings is 1. The average molecular weight is 919 g/mol. The molecule has 2 aromatic heterocycles. The molecule has 0 spiro atoms. The lowest BCUT2D eigenvalue weighted by Gasteiger charge is -2.28. The van der Waals surface area contributed by atoms with Gasteiger partial charge in [-0.15, -0.1) is 0 Å². The standard InChI is InChI=1S/C48H48F2N8O9/c1-24(64-2)38(56-47(63)65-3)41(59)48-17-30(20-57(48)23-48)42-51-18-35(53-42)28-9-11-31-29(14-28)22-66-37-16-32-27(15-33(31)37)10-12-34-40(32)54-43(52-34)36-13-25(21-67-45(49)50)19-58(36)44(60)39(55-46(61)62)26-7-5-4-6-8-26/h4-12,14-16,18,24-25,30,36,38-39,45,55H,13,17,19-23H2,1-3H3,(H,51,53)(H,52,54)(H,56,63)(H,61,62)/t24-,25-,30-,36-,38-,39+,48+,57?/m0/s1. The number of halogens is 2. The number of fused-ring (bicyclic) bond motifs is 7. The van der Waals surface area contributed by atoms with E-state index in [0.29, 0.717) is 54.3 Å². The fourth-order valence-corrected chi connectivity index (χ4v) is 10.3. The molecule has 0 aliphatic carbocycles. The SMILES string of the molecule is COC(=O)N[C@H](C(=O)[C@]12C[C@H](c3ncc(-c4ccc5c(c4)COc4cc6c(ccc7[nH]c([C@@H]8C[C@H](COC(F)F)CN8C(=O)[C@H](NC(=O)O)c8ccccc8)nc76)cc4-5)[nH]3)CN1C2)[C@H](C)OC. The highest BCUT2D eigenvalue weighted by Gasteiger charge is 2.65. The van der Waals surface area contributed by atoms with Crippen molar-refractivity contribution in [1.29, 1.82) is 0 Å². The molecule has 8 atom stereocenters. The molecular weight excluding hydrogens is 871 g/mol. The molecule has 1 unspecified atom stereocenters. The topological polar surface area (TPSA) is 213 Å². The largest absolute Gasteiger partial charge is 0.488 e. The van der Waals surface area contributed by atoms with Crippen LogP contribution in [0.2, 0.25) is 0 Å². The summed E-state index contributed by atoms with van der Waals surface area (Å²) in [7, 11) is 2.76. The number of aromatic amines is 2. The van der Waals surface area contributed by atoms with Gasteiger partial charge in [-0.25, -0.2) is 19.6 Å². The number of alkyl halides is 2. The van der Waals surface area contributed by atoms with E-state index in [1.54, 1.807) is 43.5 Å². The van der Waals surface area contributed by atoms with Crippen LogP contribution in [-0.2, 0) is 30.4 Å². The van der Waals surface area contributed by atoms with Crippen LogP contribution in [0.15, 0.2) is 79.0 Å². The van der Waals surface area contributed by atoms with Gasteiger partial charge in [-0.1, -0.05) is 48.5 Å². The van der Waals surface area contributed by atoms with Crippen LogP contribution in [0.3, 0.4) is 0 Å². The number of hydrogen-bond acceptors (Lipinski definition) is 11. The molecule has 5 N–H and O–H groups in total. The number of Topliss-reactive ketones (excluding diaryl/α,β-unsaturated/α-hetero) is 1. The summed E-state index contributed by atoms with van der Waals surface area (Å²) in [6, 6.07) is 19.8. The Bertz CT molecular complexity index is 2910. The number of methoxy groups -OCH3 is 2. The summed E-state index contributed by atoms with van der Waals surface area (Å²) in [5.41, 5.74) is 5.73. The molecule has 348 valence electrons. The van der Waals surface area contributed by atoms with Crippen molar-refractivity contribution in [3.8, 4) is 28.1 Å². The highest BCUT2D eigenvalue weighted by atomic mass is 19.3.